The number of rotatable bonds is 5. The molecule has 7 heteroatoms. The van der Waals surface area contributed by atoms with Gasteiger partial charge in [0.25, 0.3) is 0 Å². The van der Waals surface area contributed by atoms with Crippen LogP contribution in [0.4, 0.5) is 10.1 Å². The predicted molar refractivity (Wildman–Crippen MR) is 114 cm³/mol. The fourth-order valence-corrected chi connectivity index (χ4v) is 3.44. The van der Waals surface area contributed by atoms with Gasteiger partial charge in [-0.3, -0.25) is 15.6 Å². The third kappa shape index (κ3) is 5.67. The van der Waals surface area contributed by atoms with E-state index in [1.54, 1.807) is 12.1 Å². The van der Waals surface area contributed by atoms with Crippen molar-refractivity contribution in [2.24, 2.45) is 0 Å². The fraction of sp³-hybridized carbons (Fsp3) is 0.100. The summed E-state index contributed by atoms with van der Waals surface area (Å²) >= 11 is 6.68. The molecule has 4 nitrogen and oxygen atoms in total. The number of thiocarbonyl (C=S) groups is 1. The van der Waals surface area contributed by atoms with Crippen molar-refractivity contribution < 1.29 is 9.18 Å². The first kappa shape index (κ1) is 19.1. The molecule has 0 saturated carbocycles. The van der Waals surface area contributed by atoms with Gasteiger partial charge in [0.2, 0.25) is 5.91 Å². The van der Waals surface area contributed by atoms with Crippen LogP contribution in [0, 0.1) is 5.82 Å². The van der Waals surface area contributed by atoms with E-state index in [4.69, 9.17) is 12.2 Å². The number of nitrogens with one attached hydrogen (secondary N) is 3. The Hall–Kier alpha value is -2.64. The molecule has 0 aromatic heterocycles. The van der Waals surface area contributed by atoms with Gasteiger partial charge < -0.3 is 5.32 Å². The largest absolute Gasteiger partial charge is 0.331 e. The lowest BCUT2D eigenvalue weighted by atomic mass is 10.1. The van der Waals surface area contributed by atoms with Crippen LogP contribution in [0.1, 0.15) is 5.56 Å². The van der Waals surface area contributed by atoms with Gasteiger partial charge in [-0.05, 0) is 41.4 Å². The number of carbonyl (C=O) groups is 1. The van der Waals surface area contributed by atoms with E-state index in [1.165, 1.54) is 23.9 Å². The fourth-order valence-electron chi connectivity index (χ4n) is 2.49. The van der Waals surface area contributed by atoms with Gasteiger partial charge in [0.1, 0.15) is 5.82 Å². The molecule has 3 rings (SSSR count). The molecule has 0 atom stereocenters. The van der Waals surface area contributed by atoms with Gasteiger partial charge >= 0.3 is 0 Å². The maximum absolute atomic E-state index is 12.9. The normalized spacial score (nSPS) is 10.4. The monoisotopic (exact) mass is 399 g/mol. The standard InChI is InChI=1S/C20H18FN3OS2/c21-16-10-8-14(9-11-16)12-27-13-19(25)23-24-20(26)22-18-7-3-5-15-4-1-2-6-17(15)18/h1-11H,12-13H2,(H,23,25)(H2,22,24,26). The van der Waals surface area contributed by atoms with Crippen LogP contribution in [0.25, 0.3) is 10.8 Å². The molecule has 0 aliphatic heterocycles. The molecular formula is C20H18FN3OS2. The maximum Gasteiger partial charge on any atom is 0.248 e. The highest BCUT2D eigenvalue weighted by Crippen LogP contribution is 2.22. The lowest BCUT2D eigenvalue weighted by molar-refractivity contribution is -0.119. The second-order valence-electron chi connectivity index (χ2n) is 5.77. The topological polar surface area (TPSA) is 53.2 Å². The lowest BCUT2D eigenvalue weighted by Crippen LogP contribution is -2.44. The zero-order valence-corrected chi connectivity index (χ0v) is 16.0. The molecule has 0 spiro atoms. The Morgan fingerprint density at radius 1 is 0.963 bits per heavy atom. The Morgan fingerprint density at radius 3 is 2.52 bits per heavy atom. The first-order valence-electron chi connectivity index (χ1n) is 8.27. The summed E-state index contributed by atoms with van der Waals surface area (Å²) < 4.78 is 12.9. The van der Waals surface area contributed by atoms with Crippen LogP contribution < -0.4 is 16.2 Å². The number of amides is 1. The van der Waals surface area contributed by atoms with E-state index in [9.17, 15) is 9.18 Å². The number of hydrazine groups is 1. The molecule has 27 heavy (non-hydrogen) atoms. The van der Waals surface area contributed by atoms with Crippen molar-refractivity contribution in [2.75, 3.05) is 11.1 Å². The third-order valence-electron chi connectivity index (χ3n) is 3.77. The van der Waals surface area contributed by atoms with Gasteiger partial charge in [-0.25, -0.2) is 4.39 Å². The quantitative estimate of drug-likeness (QED) is 0.443. The number of hydrogen-bond acceptors (Lipinski definition) is 3. The molecule has 0 unspecified atom stereocenters. The van der Waals surface area contributed by atoms with E-state index < -0.39 is 0 Å². The van der Waals surface area contributed by atoms with Gasteiger partial charge in [-0.2, -0.15) is 0 Å². The first-order valence-corrected chi connectivity index (χ1v) is 9.84. The van der Waals surface area contributed by atoms with Crippen LogP contribution >= 0.6 is 24.0 Å². The molecular weight excluding hydrogens is 381 g/mol. The van der Waals surface area contributed by atoms with Crippen molar-refractivity contribution in [2.45, 2.75) is 5.75 Å². The average molecular weight is 400 g/mol. The molecule has 0 fully saturated rings. The molecule has 0 radical (unpaired) electrons. The van der Waals surface area contributed by atoms with Gasteiger partial charge in [-0.1, -0.05) is 48.5 Å². The Labute approximate surface area is 166 Å². The maximum atomic E-state index is 12.9. The van der Waals surface area contributed by atoms with E-state index in [0.29, 0.717) is 10.9 Å². The van der Waals surface area contributed by atoms with Gasteiger partial charge in [0, 0.05) is 16.8 Å². The van der Waals surface area contributed by atoms with Crippen molar-refractivity contribution in [3.8, 4) is 0 Å². The highest BCUT2D eigenvalue weighted by Gasteiger charge is 2.05. The number of halogens is 1. The summed E-state index contributed by atoms with van der Waals surface area (Å²) in [6, 6.07) is 20.1. The second-order valence-corrected chi connectivity index (χ2v) is 7.17. The van der Waals surface area contributed by atoms with Crippen LogP contribution in [-0.4, -0.2) is 16.8 Å². The summed E-state index contributed by atoms with van der Waals surface area (Å²) in [5.74, 6) is 0.440. The average Bonchev–Trinajstić information content (AvgIpc) is 2.68. The summed E-state index contributed by atoms with van der Waals surface area (Å²) in [6.45, 7) is 0. The van der Waals surface area contributed by atoms with Crippen LogP contribution in [0.15, 0.2) is 66.7 Å². The van der Waals surface area contributed by atoms with Gasteiger partial charge in [0.15, 0.2) is 5.11 Å². The van der Waals surface area contributed by atoms with E-state index in [-0.39, 0.29) is 17.5 Å². The number of fused-ring (bicyclic) bond motifs is 1. The van der Waals surface area contributed by atoms with Crippen LogP contribution in [0.2, 0.25) is 0 Å². The van der Waals surface area contributed by atoms with Gasteiger partial charge in [-0.15, -0.1) is 11.8 Å². The Balaban J connectivity index is 1.43. The summed E-state index contributed by atoms with van der Waals surface area (Å²) in [6.07, 6.45) is 0. The highest BCUT2D eigenvalue weighted by molar-refractivity contribution is 7.99. The molecule has 0 aliphatic rings. The number of benzene rings is 3. The van der Waals surface area contributed by atoms with Gasteiger partial charge in [0.05, 0.1) is 5.75 Å². The van der Waals surface area contributed by atoms with Crippen molar-refractivity contribution in [3.05, 3.63) is 78.1 Å². The second kappa shape index (κ2) is 9.34. The third-order valence-corrected chi connectivity index (χ3v) is 4.98. The molecule has 3 aromatic rings. The van der Waals surface area contributed by atoms with Crippen LogP contribution in [0.3, 0.4) is 0 Å². The lowest BCUT2D eigenvalue weighted by Gasteiger charge is -2.13. The number of anilines is 1. The SMILES string of the molecule is O=C(CSCc1ccc(F)cc1)NNC(=S)Nc1cccc2ccccc12. The molecule has 0 saturated heterocycles. The van der Waals surface area contributed by atoms with E-state index >= 15 is 0 Å². The van der Waals surface area contributed by atoms with Crippen molar-refractivity contribution in [3.63, 3.8) is 0 Å². The Kier molecular flexibility index (Phi) is 6.62. The zero-order valence-electron chi connectivity index (χ0n) is 14.4. The van der Waals surface area contributed by atoms with Crippen LogP contribution in [0.5, 0.6) is 0 Å². The molecule has 0 aliphatic carbocycles. The molecule has 0 bridgehead atoms. The molecule has 3 N–H and O–H groups in total. The minimum absolute atomic E-state index is 0.191. The molecule has 138 valence electrons. The minimum atomic E-state index is -0.266. The number of hydrogen-bond donors (Lipinski definition) is 3. The van der Waals surface area contributed by atoms with Crippen LogP contribution in [-0.2, 0) is 10.5 Å². The predicted octanol–water partition coefficient (Wildman–Crippen LogP) is 4.23. The van der Waals surface area contributed by atoms with Crippen molar-refractivity contribution >= 4 is 51.5 Å². The summed E-state index contributed by atoms with van der Waals surface area (Å²) in [4.78, 5) is 11.9. The zero-order chi connectivity index (χ0) is 19.1. The number of carbonyl (C=O) groups excluding carboxylic acids is 1. The molecule has 1 amide bonds. The van der Waals surface area contributed by atoms with E-state index in [0.717, 1.165) is 22.0 Å². The summed E-state index contributed by atoms with van der Waals surface area (Å²) in [5.41, 5.74) is 7.12. The molecule has 0 heterocycles. The van der Waals surface area contributed by atoms with Crippen molar-refractivity contribution in [1.82, 2.24) is 10.9 Å². The minimum Gasteiger partial charge on any atom is -0.331 e. The van der Waals surface area contributed by atoms with E-state index in [1.807, 2.05) is 42.5 Å². The smallest absolute Gasteiger partial charge is 0.248 e. The number of thioether (sulfide) groups is 1. The Morgan fingerprint density at radius 2 is 1.70 bits per heavy atom. The van der Waals surface area contributed by atoms with Crippen molar-refractivity contribution in [1.29, 1.82) is 0 Å². The summed E-state index contributed by atoms with van der Waals surface area (Å²) in [7, 11) is 0. The highest BCUT2D eigenvalue weighted by atomic mass is 32.2. The van der Waals surface area contributed by atoms with E-state index in [2.05, 4.69) is 16.2 Å². The summed E-state index contributed by atoms with van der Waals surface area (Å²) in [5, 5.41) is 5.55. The first-order chi connectivity index (χ1) is 13.1. The Bertz CT molecular complexity index is 942. The molecule has 3 aromatic carbocycles.